The maximum absolute atomic E-state index is 11.1. The van der Waals surface area contributed by atoms with Gasteiger partial charge in [0.05, 0.1) is 13.0 Å². The molecule has 1 N–H and O–H groups in total. The van der Waals surface area contributed by atoms with Crippen LogP contribution in [0.1, 0.15) is 13.3 Å². The monoisotopic (exact) mass is 349 g/mol. The second-order valence-corrected chi connectivity index (χ2v) is 4.88. The van der Waals surface area contributed by atoms with Gasteiger partial charge in [-0.15, -0.1) is 0 Å². The van der Waals surface area contributed by atoms with Crippen molar-refractivity contribution in [1.29, 1.82) is 0 Å². The van der Waals surface area contributed by atoms with Crippen LogP contribution in [0.15, 0.2) is 27.1 Å². The number of esters is 1. The summed E-state index contributed by atoms with van der Waals surface area (Å²) in [7, 11) is 0. The van der Waals surface area contributed by atoms with Gasteiger partial charge < -0.3 is 10.1 Å². The lowest BCUT2D eigenvalue weighted by Crippen LogP contribution is -2.11. The molecular formula is C11H13Br2NO2. The minimum absolute atomic E-state index is 0.180. The number of rotatable bonds is 5. The number of nitrogens with one attached hydrogen (secondary N) is 1. The van der Waals surface area contributed by atoms with Gasteiger partial charge in [-0.25, -0.2) is 0 Å². The first-order valence-corrected chi connectivity index (χ1v) is 6.56. The molecule has 0 atom stereocenters. The number of hydrogen-bond acceptors (Lipinski definition) is 3. The molecule has 0 radical (unpaired) electrons. The van der Waals surface area contributed by atoms with Gasteiger partial charge >= 0.3 is 5.97 Å². The Morgan fingerprint density at radius 3 is 2.88 bits per heavy atom. The van der Waals surface area contributed by atoms with Crippen molar-refractivity contribution in [2.75, 3.05) is 18.5 Å². The summed E-state index contributed by atoms with van der Waals surface area (Å²) in [5, 5.41) is 3.17. The van der Waals surface area contributed by atoms with Crippen molar-refractivity contribution in [1.82, 2.24) is 0 Å². The number of halogens is 2. The van der Waals surface area contributed by atoms with E-state index in [-0.39, 0.29) is 5.97 Å². The largest absolute Gasteiger partial charge is 0.466 e. The fourth-order valence-electron chi connectivity index (χ4n) is 1.17. The van der Waals surface area contributed by atoms with Gasteiger partial charge in [0.1, 0.15) is 0 Å². The number of benzene rings is 1. The van der Waals surface area contributed by atoms with Gasteiger partial charge in [0.15, 0.2) is 0 Å². The predicted molar refractivity (Wildman–Crippen MR) is 71.6 cm³/mol. The summed E-state index contributed by atoms with van der Waals surface area (Å²) in [6.07, 6.45) is 0.368. The Morgan fingerprint density at radius 1 is 1.44 bits per heavy atom. The molecule has 0 amide bonds. The summed E-state index contributed by atoms with van der Waals surface area (Å²) in [5.74, 6) is -0.180. The molecule has 1 aromatic carbocycles. The topological polar surface area (TPSA) is 38.3 Å². The molecule has 0 heterocycles. The van der Waals surface area contributed by atoms with Gasteiger partial charge in [0.2, 0.25) is 0 Å². The average Bonchev–Trinajstić information content (AvgIpc) is 2.23. The fourth-order valence-corrected chi connectivity index (χ4v) is 1.91. The minimum Gasteiger partial charge on any atom is -0.466 e. The van der Waals surface area contributed by atoms with Crippen LogP contribution < -0.4 is 5.32 Å². The number of ether oxygens (including phenoxy) is 1. The highest BCUT2D eigenvalue weighted by molar-refractivity contribution is 9.11. The Hall–Kier alpha value is -0.550. The Labute approximate surface area is 112 Å². The van der Waals surface area contributed by atoms with Gasteiger partial charge in [-0.1, -0.05) is 15.9 Å². The van der Waals surface area contributed by atoms with Gasteiger partial charge in [0.25, 0.3) is 0 Å². The van der Waals surface area contributed by atoms with Gasteiger partial charge in [-0.05, 0) is 41.1 Å². The summed E-state index contributed by atoms with van der Waals surface area (Å²) in [6, 6.07) is 5.84. The molecule has 0 aliphatic heterocycles. The van der Waals surface area contributed by atoms with Crippen LogP contribution in [-0.2, 0) is 9.53 Å². The van der Waals surface area contributed by atoms with Crippen LogP contribution in [0.3, 0.4) is 0 Å². The summed E-state index contributed by atoms with van der Waals surface area (Å²) in [6.45, 7) is 2.80. The zero-order valence-corrected chi connectivity index (χ0v) is 12.1. The van der Waals surface area contributed by atoms with E-state index in [1.54, 1.807) is 6.92 Å². The van der Waals surface area contributed by atoms with Crippen molar-refractivity contribution in [3.63, 3.8) is 0 Å². The van der Waals surface area contributed by atoms with Crippen LogP contribution in [0.2, 0.25) is 0 Å². The average molecular weight is 351 g/mol. The molecule has 1 rings (SSSR count). The fraction of sp³-hybridized carbons (Fsp3) is 0.364. The molecule has 16 heavy (non-hydrogen) atoms. The third-order valence-electron chi connectivity index (χ3n) is 1.88. The third kappa shape index (κ3) is 4.53. The molecule has 3 nitrogen and oxygen atoms in total. The van der Waals surface area contributed by atoms with Crippen LogP contribution in [0, 0.1) is 0 Å². The maximum Gasteiger partial charge on any atom is 0.307 e. The summed E-state index contributed by atoms with van der Waals surface area (Å²) in [4.78, 5) is 11.1. The van der Waals surface area contributed by atoms with E-state index < -0.39 is 0 Å². The lowest BCUT2D eigenvalue weighted by Gasteiger charge is -2.08. The lowest BCUT2D eigenvalue weighted by molar-refractivity contribution is -0.142. The van der Waals surface area contributed by atoms with Crippen molar-refractivity contribution in [3.05, 3.63) is 27.1 Å². The molecule has 0 aromatic heterocycles. The first kappa shape index (κ1) is 13.5. The third-order valence-corrected chi connectivity index (χ3v) is 3.06. The molecule has 0 fully saturated rings. The van der Waals surface area contributed by atoms with E-state index >= 15 is 0 Å². The van der Waals surface area contributed by atoms with E-state index in [0.29, 0.717) is 19.6 Å². The lowest BCUT2D eigenvalue weighted by atomic mass is 10.3. The number of anilines is 1. The van der Waals surface area contributed by atoms with Gasteiger partial charge in [0, 0.05) is 21.2 Å². The van der Waals surface area contributed by atoms with E-state index in [0.717, 1.165) is 14.6 Å². The van der Waals surface area contributed by atoms with Gasteiger partial charge in [-0.2, -0.15) is 0 Å². The highest BCUT2D eigenvalue weighted by Crippen LogP contribution is 2.25. The Bertz CT molecular complexity index is 369. The Kier molecular flexibility index (Phi) is 5.84. The van der Waals surface area contributed by atoms with Crippen molar-refractivity contribution < 1.29 is 9.53 Å². The van der Waals surface area contributed by atoms with Crippen LogP contribution >= 0.6 is 31.9 Å². The van der Waals surface area contributed by atoms with Crippen LogP contribution in [0.25, 0.3) is 0 Å². The normalized spacial score (nSPS) is 9.94. The Balaban J connectivity index is 2.42. The SMILES string of the molecule is CCOC(=O)CCNc1cc(Br)ccc1Br. The number of carbonyl (C=O) groups is 1. The maximum atomic E-state index is 11.1. The summed E-state index contributed by atoms with van der Waals surface area (Å²) >= 11 is 6.82. The number of hydrogen-bond donors (Lipinski definition) is 1. The van der Waals surface area contributed by atoms with Crippen molar-refractivity contribution in [2.45, 2.75) is 13.3 Å². The molecule has 0 saturated carbocycles. The quantitative estimate of drug-likeness (QED) is 0.825. The smallest absolute Gasteiger partial charge is 0.307 e. The molecule has 1 aromatic rings. The van der Waals surface area contributed by atoms with Crippen LogP contribution in [0.4, 0.5) is 5.69 Å². The summed E-state index contributed by atoms with van der Waals surface area (Å²) < 4.78 is 6.80. The van der Waals surface area contributed by atoms with E-state index in [2.05, 4.69) is 37.2 Å². The Morgan fingerprint density at radius 2 is 2.19 bits per heavy atom. The number of carbonyl (C=O) groups excluding carboxylic acids is 1. The van der Waals surface area contributed by atoms with Crippen LogP contribution in [0.5, 0.6) is 0 Å². The van der Waals surface area contributed by atoms with E-state index in [9.17, 15) is 4.79 Å². The second-order valence-electron chi connectivity index (χ2n) is 3.11. The predicted octanol–water partition coefficient (Wildman–Crippen LogP) is 3.58. The van der Waals surface area contributed by atoms with Crippen LogP contribution in [-0.4, -0.2) is 19.1 Å². The second kappa shape index (κ2) is 6.91. The van der Waals surface area contributed by atoms with E-state index in [1.165, 1.54) is 0 Å². The molecule has 0 aliphatic carbocycles. The first-order valence-electron chi connectivity index (χ1n) is 4.98. The molecule has 88 valence electrons. The molecule has 0 unspecified atom stereocenters. The molecule has 0 saturated heterocycles. The standard InChI is InChI=1S/C11H13Br2NO2/c1-2-16-11(15)5-6-14-10-7-8(12)3-4-9(10)13/h3-4,7,14H,2,5-6H2,1H3. The first-order chi connectivity index (χ1) is 7.63. The molecule has 0 bridgehead atoms. The molecule has 5 heteroatoms. The molecule has 0 aliphatic rings. The highest BCUT2D eigenvalue weighted by Gasteiger charge is 2.03. The van der Waals surface area contributed by atoms with Crippen molar-refractivity contribution in [3.8, 4) is 0 Å². The zero-order valence-electron chi connectivity index (χ0n) is 8.93. The molecular weight excluding hydrogens is 338 g/mol. The van der Waals surface area contributed by atoms with Crippen molar-refractivity contribution >= 4 is 43.5 Å². The highest BCUT2D eigenvalue weighted by atomic mass is 79.9. The van der Waals surface area contributed by atoms with Gasteiger partial charge in [-0.3, -0.25) is 4.79 Å². The minimum atomic E-state index is -0.180. The molecule has 0 spiro atoms. The van der Waals surface area contributed by atoms with E-state index in [4.69, 9.17) is 4.74 Å². The van der Waals surface area contributed by atoms with E-state index in [1.807, 2.05) is 18.2 Å². The summed E-state index contributed by atoms with van der Waals surface area (Å²) in [5.41, 5.74) is 0.957. The zero-order chi connectivity index (χ0) is 12.0. The van der Waals surface area contributed by atoms with Crippen molar-refractivity contribution in [2.24, 2.45) is 0 Å².